The van der Waals surface area contributed by atoms with E-state index in [9.17, 15) is 13.2 Å². The predicted octanol–water partition coefficient (Wildman–Crippen LogP) is 3.66. The first-order chi connectivity index (χ1) is 12.3. The number of anilines is 2. The second kappa shape index (κ2) is 8.71. The second-order valence-electron chi connectivity index (χ2n) is 6.04. The van der Waals surface area contributed by atoms with Gasteiger partial charge in [0.1, 0.15) is 5.75 Å². The van der Waals surface area contributed by atoms with Crippen LogP contribution in [0.3, 0.4) is 0 Å². The molecule has 0 aliphatic heterocycles. The van der Waals surface area contributed by atoms with E-state index in [0.29, 0.717) is 17.0 Å². The van der Waals surface area contributed by atoms with Crippen LogP contribution in [0, 0.1) is 0 Å². The maximum absolute atomic E-state index is 12.4. The summed E-state index contributed by atoms with van der Waals surface area (Å²) in [7, 11) is -2.02. The molecular weight excluding hydrogens is 352 g/mol. The van der Waals surface area contributed by atoms with Gasteiger partial charge in [-0.15, -0.1) is 0 Å². The van der Waals surface area contributed by atoms with Gasteiger partial charge in [-0.1, -0.05) is 25.5 Å². The molecule has 0 aliphatic rings. The van der Waals surface area contributed by atoms with Gasteiger partial charge in [0, 0.05) is 11.3 Å². The molecule has 0 fully saturated rings. The molecule has 6 nitrogen and oxygen atoms in total. The largest absolute Gasteiger partial charge is 0.495 e. The Kier molecular flexibility index (Phi) is 6.63. The molecule has 1 amide bonds. The molecule has 0 atom stereocenters. The SMILES string of the molecule is CCCCc1ccc(C(=O)Nc2ccc(OC)c(NS(C)(=O)=O)c2)cc1. The van der Waals surface area contributed by atoms with Gasteiger partial charge >= 0.3 is 0 Å². The summed E-state index contributed by atoms with van der Waals surface area (Å²) in [6.07, 6.45) is 4.30. The number of sulfonamides is 1. The van der Waals surface area contributed by atoms with Crippen molar-refractivity contribution >= 4 is 27.3 Å². The molecule has 2 rings (SSSR count). The quantitative estimate of drug-likeness (QED) is 0.736. The number of carbonyl (C=O) groups excluding carboxylic acids is 1. The van der Waals surface area contributed by atoms with Crippen LogP contribution in [0.15, 0.2) is 42.5 Å². The molecule has 0 aliphatic carbocycles. The van der Waals surface area contributed by atoms with Crippen molar-refractivity contribution in [2.75, 3.05) is 23.4 Å². The summed E-state index contributed by atoms with van der Waals surface area (Å²) in [5, 5.41) is 2.77. The molecular formula is C19H24N2O4S. The van der Waals surface area contributed by atoms with Crippen LogP contribution < -0.4 is 14.8 Å². The molecule has 0 radical (unpaired) electrons. The minimum Gasteiger partial charge on any atom is -0.495 e. The van der Waals surface area contributed by atoms with Gasteiger partial charge in [0.2, 0.25) is 10.0 Å². The first-order valence-electron chi connectivity index (χ1n) is 8.38. The van der Waals surface area contributed by atoms with Crippen LogP contribution in [0.4, 0.5) is 11.4 Å². The minimum atomic E-state index is -3.46. The third kappa shape index (κ3) is 5.77. The third-order valence-electron chi connectivity index (χ3n) is 3.79. The summed E-state index contributed by atoms with van der Waals surface area (Å²) in [5.74, 6) is 0.108. The second-order valence-corrected chi connectivity index (χ2v) is 7.79. The standard InChI is InChI=1S/C19H24N2O4S/c1-4-5-6-14-7-9-15(10-8-14)19(22)20-16-11-12-18(25-2)17(13-16)21-26(3,23)24/h7-13,21H,4-6H2,1-3H3,(H,20,22). The van der Waals surface area contributed by atoms with E-state index in [-0.39, 0.29) is 11.6 Å². The van der Waals surface area contributed by atoms with Crippen LogP contribution in [0.5, 0.6) is 5.75 Å². The lowest BCUT2D eigenvalue weighted by molar-refractivity contribution is 0.102. The number of ether oxygens (including phenoxy) is 1. The van der Waals surface area contributed by atoms with E-state index in [1.807, 2.05) is 12.1 Å². The van der Waals surface area contributed by atoms with Crippen molar-refractivity contribution in [1.82, 2.24) is 0 Å². The van der Waals surface area contributed by atoms with Gasteiger partial charge in [-0.05, 0) is 48.7 Å². The summed E-state index contributed by atoms with van der Waals surface area (Å²) in [6.45, 7) is 2.14. The Bertz CT molecular complexity index is 862. The first-order valence-corrected chi connectivity index (χ1v) is 10.3. The molecule has 0 spiro atoms. The monoisotopic (exact) mass is 376 g/mol. The van der Waals surface area contributed by atoms with E-state index in [2.05, 4.69) is 17.0 Å². The minimum absolute atomic E-state index is 0.262. The molecule has 2 aromatic carbocycles. The zero-order chi connectivity index (χ0) is 19.2. The Morgan fingerprint density at radius 1 is 1.12 bits per heavy atom. The van der Waals surface area contributed by atoms with Crippen molar-refractivity contribution < 1.29 is 17.9 Å². The first kappa shape index (κ1) is 19.8. The fraction of sp³-hybridized carbons (Fsp3) is 0.316. The van der Waals surface area contributed by atoms with Crippen LogP contribution in [-0.2, 0) is 16.4 Å². The molecule has 2 aromatic rings. The maximum atomic E-state index is 12.4. The van der Waals surface area contributed by atoms with Gasteiger partial charge in [0.15, 0.2) is 0 Å². The Labute approximate surface area is 154 Å². The number of hydrogen-bond donors (Lipinski definition) is 2. The lowest BCUT2D eigenvalue weighted by Crippen LogP contribution is -2.14. The zero-order valence-corrected chi connectivity index (χ0v) is 16.0. The number of carbonyl (C=O) groups is 1. The predicted molar refractivity (Wildman–Crippen MR) is 104 cm³/mol. The van der Waals surface area contributed by atoms with Gasteiger partial charge < -0.3 is 10.1 Å². The number of amides is 1. The van der Waals surface area contributed by atoms with E-state index >= 15 is 0 Å². The summed E-state index contributed by atoms with van der Waals surface area (Å²) in [6, 6.07) is 12.3. The van der Waals surface area contributed by atoms with Crippen LogP contribution >= 0.6 is 0 Å². The average molecular weight is 376 g/mol. The Morgan fingerprint density at radius 2 is 1.81 bits per heavy atom. The highest BCUT2D eigenvalue weighted by molar-refractivity contribution is 7.92. The van der Waals surface area contributed by atoms with Gasteiger partial charge in [0.25, 0.3) is 5.91 Å². The van der Waals surface area contributed by atoms with Crippen LogP contribution in [0.2, 0.25) is 0 Å². The van der Waals surface area contributed by atoms with Crippen molar-refractivity contribution in [1.29, 1.82) is 0 Å². The summed E-state index contributed by atoms with van der Waals surface area (Å²) < 4.78 is 30.5. The Balaban J connectivity index is 2.14. The fourth-order valence-corrected chi connectivity index (χ4v) is 3.03. The van der Waals surface area contributed by atoms with E-state index < -0.39 is 10.0 Å². The molecule has 0 bridgehead atoms. The molecule has 0 saturated carbocycles. The molecule has 0 heterocycles. The van der Waals surface area contributed by atoms with Gasteiger partial charge in [-0.3, -0.25) is 9.52 Å². The summed E-state index contributed by atoms with van der Waals surface area (Å²) in [5.41, 5.74) is 2.48. The molecule has 0 unspecified atom stereocenters. The topological polar surface area (TPSA) is 84.5 Å². The lowest BCUT2D eigenvalue weighted by Gasteiger charge is -2.12. The zero-order valence-electron chi connectivity index (χ0n) is 15.2. The van der Waals surface area contributed by atoms with Crippen LogP contribution in [0.1, 0.15) is 35.7 Å². The average Bonchev–Trinajstić information content (AvgIpc) is 2.59. The molecule has 0 aromatic heterocycles. The fourth-order valence-electron chi connectivity index (χ4n) is 2.47. The maximum Gasteiger partial charge on any atom is 0.255 e. The number of aryl methyl sites for hydroxylation is 1. The summed E-state index contributed by atoms with van der Waals surface area (Å²) >= 11 is 0. The van der Waals surface area contributed by atoms with E-state index in [0.717, 1.165) is 25.5 Å². The van der Waals surface area contributed by atoms with E-state index in [4.69, 9.17) is 4.74 Å². The number of benzene rings is 2. The van der Waals surface area contributed by atoms with Gasteiger partial charge in [-0.25, -0.2) is 8.42 Å². The molecule has 0 saturated heterocycles. The third-order valence-corrected chi connectivity index (χ3v) is 4.38. The van der Waals surface area contributed by atoms with Crippen molar-refractivity contribution in [2.24, 2.45) is 0 Å². The molecule has 7 heteroatoms. The van der Waals surface area contributed by atoms with Crippen molar-refractivity contribution in [3.8, 4) is 5.75 Å². The smallest absolute Gasteiger partial charge is 0.255 e. The van der Waals surface area contributed by atoms with Crippen molar-refractivity contribution in [3.05, 3.63) is 53.6 Å². The number of nitrogens with one attached hydrogen (secondary N) is 2. The summed E-state index contributed by atoms with van der Waals surface area (Å²) in [4.78, 5) is 12.4. The lowest BCUT2D eigenvalue weighted by atomic mass is 10.1. The molecule has 2 N–H and O–H groups in total. The van der Waals surface area contributed by atoms with E-state index in [1.54, 1.807) is 24.3 Å². The number of methoxy groups -OCH3 is 1. The van der Waals surface area contributed by atoms with Gasteiger partial charge in [0.05, 0.1) is 19.1 Å². The van der Waals surface area contributed by atoms with Crippen molar-refractivity contribution in [3.63, 3.8) is 0 Å². The van der Waals surface area contributed by atoms with Crippen LogP contribution in [-0.4, -0.2) is 27.7 Å². The molecule has 140 valence electrons. The van der Waals surface area contributed by atoms with Gasteiger partial charge in [-0.2, -0.15) is 0 Å². The highest BCUT2D eigenvalue weighted by Crippen LogP contribution is 2.28. The number of hydrogen-bond acceptors (Lipinski definition) is 4. The highest BCUT2D eigenvalue weighted by Gasteiger charge is 2.12. The Morgan fingerprint density at radius 3 is 2.38 bits per heavy atom. The Hall–Kier alpha value is -2.54. The van der Waals surface area contributed by atoms with Crippen molar-refractivity contribution in [2.45, 2.75) is 26.2 Å². The highest BCUT2D eigenvalue weighted by atomic mass is 32.2. The normalized spacial score (nSPS) is 11.0. The number of unbranched alkanes of at least 4 members (excludes halogenated alkanes) is 1. The number of rotatable bonds is 8. The van der Waals surface area contributed by atoms with Crippen LogP contribution in [0.25, 0.3) is 0 Å². The van der Waals surface area contributed by atoms with E-state index in [1.165, 1.54) is 18.7 Å². The molecule has 26 heavy (non-hydrogen) atoms.